The molecule has 0 spiro atoms. The van der Waals surface area contributed by atoms with Crippen LogP contribution in [-0.2, 0) is 16.0 Å². The first-order valence-electron chi connectivity index (χ1n) is 11.9. The summed E-state index contributed by atoms with van der Waals surface area (Å²) in [5, 5.41) is 0. The molecule has 3 fully saturated rings. The van der Waals surface area contributed by atoms with Crippen LogP contribution in [0.1, 0.15) is 57.0 Å². The minimum atomic E-state index is 0.0427. The van der Waals surface area contributed by atoms with Crippen LogP contribution in [0.25, 0.3) is 0 Å². The molecule has 1 atom stereocenters. The third-order valence-corrected chi connectivity index (χ3v) is 6.80. The summed E-state index contributed by atoms with van der Waals surface area (Å²) in [7, 11) is 0. The molecule has 3 aliphatic rings. The fraction of sp³-hybridized carbons (Fsp3) is 0.783. The summed E-state index contributed by atoms with van der Waals surface area (Å²) in [6.45, 7) is 12.3. The highest BCUT2D eigenvalue weighted by atomic mass is 16.5. The minimum absolute atomic E-state index is 0.0427. The number of carbonyl (C=O) groups excluding carboxylic acids is 1. The number of nitrogens with zero attached hydrogens (tertiary/aromatic N) is 5. The molecule has 3 aliphatic heterocycles. The van der Waals surface area contributed by atoms with Gasteiger partial charge in [0.2, 0.25) is 5.91 Å². The van der Waals surface area contributed by atoms with Gasteiger partial charge in [-0.2, -0.15) is 0 Å². The normalized spacial score (nSPS) is 22.5. The lowest BCUT2D eigenvalue weighted by Crippen LogP contribution is -2.46. The summed E-state index contributed by atoms with van der Waals surface area (Å²) >= 11 is 0. The van der Waals surface area contributed by atoms with E-state index < -0.39 is 0 Å². The predicted molar refractivity (Wildman–Crippen MR) is 118 cm³/mol. The van der Waals surface area contributed by atoms with Crippen LogP contribution in [0.3, 0.4) is 0 Å². The van der Waals surface area contributed by atoms with Crippen LogP contribution in [0, 0.1) is 5.92 Å². The zero-order chi connectivity index (χ0) is 20.9. The fourth-order valence-electron chi connectivity index (χ4n) is 4.89. The van der Waals surface area contributed by atoms with Crippen LogP contribution in [0.4, 0.5) is 5.82 Å². The van der Waals surface area contributed by atoms with Gasteiger partial charge < -0.3 is 14.5 Å². The number of carbonyl (C=O) groups is 1. The molecule has 0 saturated carbocycles. The molecule has 0 aromatic carbocycles. The number of aryl methyl sites for hydroxylation is 1. The molecule has 4 rings (SSSR count). The predicted octanol–water partition coefficient (Wildman–Crippen LogP) is 2.31. The quantitative estimate of drug-likeness (QED) is 0.711. The molecule has 1 aromatic rings. The van der Waals surface area contributed by atoms with Crippen molar-refractivity contribution in [1.82, 2.24) is 19.8 Å². The number of hydrogen-bond donors (Lipinski definition) is 0. The van der Waals surface area contributed by atoms with Crippen molar-refractivity contribution in [1.29, 1.82) is 0 Å². The number of morpholine rings is 1. The third kappa shape index (κ3) is 5.11. The van der Waals surface area contributed by atoms with E-state index >= 15 is 0 Å². The van der Waals surface area contributed by atoms with Crippen LogP contribution in [0.2, 0.25) is 0 Å². The highest BCUT2D eigenvalue weighted by molar-refractivity contribution is 5.78. The molecule has 7 heteroatoms. The Morgan fingerprint density at radius 3 is 2.47 bits per heavy atom. The first-order valence-corrected chi connectivity index (χ1v) is 11.9. The Bertz CT molecular complexity index is 708. The maximum Gasteiger partial charge on any atom is 0.226 e. The third-order valence-electron chi connectivity index (χ3n) is 6.80. The average Bonchev–Trinajstić information content (AvgIpc) is 3.34. The number of piperidine rings is 1. The second-order valence-electron chi connectivity index (χ2n) is 9.04. The van der Waals surface area contributed by atoms with Crippen molar-refractivity contribution in [3.05, 3.63) is 17.6 Å². The molecule has 0 N–H and O–H groups in total. The van der Waals surface area contributed by atoms with Gasteiger partial charge in [-0.25, -0.2) is 9.97 Å². The Kier molecular flexibility index (Phi) is 7.20. The molecule has 7 nitrogen and oxygen atoms in total. The van der Waals surface area contributed by atoms with E-state index in [0.717, 1.165) is 95.6 Å². The van der Waals surface area contributed by atoms with Gasteiger partial charge in [-0.1, -0.05) is 13.8 Å². The molecule has 1 aromatic heterocycles. The van der Waals surface area contributed by atoms with Crippen LogP contribution >= 0.6 is 0 Å². The van der Waals surface area contributed by atoms with Crippen molar-refractivity contribution in [3.63, 3.8) is 0 Å². The smallest absolute Gasteiger partial charge is 0.226 e. The van der Waals surface area contributed by atoms with Crippen LogP contribution in [0.15, 0.2) is 6.07 Å². The molecule has 4 heterocycles. The summed E-state index contributed by atoms with van der Waals surface area (Å²) in [4.78, 5) is 29.6. The number of rotatable bonds is 6. The van der Waals surface area contributed by atoms with Crippen LogP contribution < -0.4 is 4.90 Å². The number of ether oxygens (including phenoxy) is 1. The summed E-state index contributed by atoms with van der Waals surface area (Å²) < 4.78 is 5.42. The Hall–Kier alpha value is -1.73. The summed E-state index contributed by atoms with van der Waals surface area (Å²) in [6, 6.07) is 2.17. The molecule has 0 radical (unpaired) electrons. The average molecular weight is 416 g/mol. The number of anilines is 1. The van der Waals surface area contributed by atoms with E-state index in [1.807, 2.05) is 0 Å². The highest BCUT2D eigenvalue weighted by Crippen LogP contribution is 2.29. The molecule has 0 bridgehead atoms. The SMILES string of the molecule is CCc1cc(N2CCCC2)nc(C2CCN(C(=O)C(C)CN3CCOCC3)CC2)n1. The number of amides is 1. The van der Waals surface area contributed by atoms with Crippen molar-refractivity contribution < 1.29 is 9.53 Å². The monoisotopic (exact) mass is 415 g/mol. The van der Waals surface area contributed by atoms with E-state index in [1.165, 1.54) is 12.8 Å². The molecule has 3 saturated heterocycles. The van der Waals surface area contributed by atoms with Crippen molar-refractivity contribution in [2.75, 3.05) is 63.9 Å². The lowest BCUT2D eigenvalue weighted by Gasteiger charge is -2.35. The van der Waals surface area contributed by atoms with E-state index in [9.17, 15) is 4.79 Å². The van der Waals surface area contributed by atoms with Crippen molar-refractivity contribution in [2.24, 2.45) is 5.92 Å². The van der Waals surface area contributed by atoms with Crippen LogP contribution in [0.5, 0.6) is 0 Å². The van der Waals surface area contributed by atoms with Crippen molar-refractivity contribution >= 4 is 11.7 Å². The molecule has 1 unspecified atom stereocenters. The van der Waals surface area contributed by atoms with Crippen LogP contribution in [-0.4, -0.2) is 84.7 Å². The Morgan fingerprint density at radius 2 is 1.80 bits per heavy atom. The topological polar surface area (TPSA) is 61.8 Å². The Morgan fingerprint density at radius 1 is 1.10 bits per heavy atom. The maximum absolute atomic E-state index is 13.0. The van der Waals surface area contributed by atoms with Gasteiger partial charge in [-0.15, -0.1) is 0 Å². The van der Waals surface area contributed by atoms with Gasteiger partial charge in [0.15, 0.2) is 0 Å². The molecule has 30 heavy (non-hydrogen) atoms. The van der Waals surface area contributed by atoms with E-state index in [0.29, 0.717) is 11.8 Å². The largest absolute Gasteiger partial charge is 0.379 e. The van der Waals surface area contributed by atoms with Gasteiger partial charge in [0.1, 0.15) is 11.6 Å². The van der Waals surface area contributed by atoms with E-state index in [4.69, 9.17) is 14.7 Å². The summed E-state index contributed by atoms with van der Waals surface area (Å²) in [6.07, 6.45) is 5.37. The molecular formula is C23H37N5O2. The Balaban J connectivity index is 1.34. The molecule has 0 aliphatic carbocycles. The summed E-state index contributed by atoms with van der Waals surface area (Å²) in [5.74, 6) is 2.79. The lowest BCUT2D eigenvalue weighted by atomic mass is 9.94. The van der Waals surface area contributed by atoms with Gasteiger partial charge in [0, 0.05) is 69.4 Å². The van der Waals surface area contributed by atoms with Gasteiger partial charge in [-0.05, 0) is 32.1 Å². The minimum Gasteiger partial charge on any atom is -0.379 e. The van der Waals surface area contributed by atoms with Gasteiger partial charge in [0.05, 0.1) is 13.2 Å². The molecule has 1 amide bonds. The van der Waals surface area contributed by atoms with Gasteiger partial charge in [0.25, 0.3) is 0 Å². The zero-order valence-corrected chi connectivity index (χ0v) is 18.7. The first-order chi connectivity index (χ1) is 14.6. The van der Waals surface area contributed by atoms with E-state index in [-0.39, 0.29) is 5.92 Å². The summed E-state index contributed by atoms with van der Waals surface area (Å²) in [5.41, 5.74) is 1.14. The molecular weight excluding hydrogens is 378 g/mol. The second-order valence-corrected chi connectivity index (χ2v) is 9.04. The van der Waals surface area contributed by atoms with Gasteiger partial charge in [-0.3, -0.25) is 9.69 Å². The van der Waals surface area contributed by atoms with Crippen molar-refractivity contribution in [2.45, 2.75) is 51.9 Å². The van der Waals surface area contributed by atoms with Crippen molar-refractivity contribution in [3.8, 4) is 0 Å². The van der Waals surface area contributed by atoms with Gasteiger partial charge >= 0.3 is 0 Å². The first kappa shape index (κ1) is 21.5. The number of likely N-dealkylation sites (tertiary alicyclic amines) is 1. The van der Waals surface area contributed by atoms with E-state index in [2.05, 4.69) is 34.6 Å². The second kappa shape index (κ2) is 10.1. The highest BCUT2D eigenvalue weighted by Gasteiger charge is 2.29. The Labute approximate surface area is 180 Å². The zero-order valence-electron chi connectivity index (χ0n) is 18.7. The lowest BCUT2D eigenvalue weighted by molar-refractivity contribution is -0.137. The standard InChI is InChI=1S/C23H37N5O2/c1-3-20-16-21(27-8-4-5-9-27)25-22(24-20)19-6-10-28(11-7-19)23(29)18(2)17-26-12-14-30-15-13-26/h16,18-19H,3-15,17H2,1-2H3. The van der Waals surface area contributed by atoms with E-state index in [1.54, 1.807) is 0 Å². The number of aromatic nitrogens is 2. The maximum atomic E-state index is 13.0. The number of hydrogen-bond acceptors (Lipinski definition) is 6. The fourth-order valence-corrected chi connectivity index (χ4v) is 4.89. The molecule has 166 valence electrons.